The zero-order valence-electron chi connectivity index (χ0n) is 12.3. The predicted octanol–water partition coefficient (Wildman–Crippen LogP) is 3.16. The number of halogens is 1. The van der Waals surface area contributed by atoms with Gasteiger partial charge in [0.1, 0.15) is 6.04 Å². The number of hydrogen-bond acceptors (Lipinski definition) is 4. The van der Waals surface area contributed by atoms with Crippen LogP contribution in [0.3, 0.4) is 0 Å². The zero-order chi connectivity index (χ0) is 17.0. The Morgan fingerprint density at radius 1 is 1.13 bits per heavy atom. The summed E-state index contributed by atoms with van der Waals surface area (Å²) in [6.07, 6.45) is 0. The molecule has 0 aliphatic heterocycles. The normalized spacial score (nSPS) is 12.6. The second-order valence-electron chi connectivity index (χ2n) is 4.91. The van der Waals surface area contributed by atoms with Crippen molar-refractivity contribution < 1.29 is 13.5 Å². The van der Waals surface area contributed by atoms with Crippen LogP contribution in [0.25, 0.3) is 0 Å². The smallest absolute Gasteiger partial charge is 0.234 e. The molecule has 23 heavy (non-hydrogen) atoms. The quantitative estimate of drug-likeness (QED) is 0.453. The Kier molecular flexibility index (Phi) is 5.23. The number of rotatable bonds is 6. The molecule has 122 valence electrons. The first-order valence-corrected chi connectivity index (χ1v) is 8.71. The maximum atomic E-state index is 12.7. The third kappa shape index (κ3) is 3.62. The molecule has 0 amide bonds. The number of nitrogens with zero attached hydrogens (tertiary/aromatic N) is 2. The second-order valence-corrected chi connectivity index (χ2v) is 7.01. The molecule has 2 aromatic rings. The molecule has 6 nitrogen and oxygen atoms in total. The van der Waals surface area contributed by atoms with Gasteiger partial charge in [-0.3, -0.25) is 0 Å². The summed E-state index contributed by atoms with van der Waals surface area (Å²) in [6, 6.07) is 13.1. The molecule has 0 spiro atoms. The van der Waals surface area contributed by atoms with E-state index < -0.39 is 21.1 Å². The summed E-state index contributed by atoms with van der Waals surface area (Å²) in [4.78, 5) is 11.3. The van der Waals surface area contributed by atoms with Crippen LogP contribution >= 0.6 is 11.6 Å². The van der Waals surface area contributed by atoms with Crippen LogP contribution < -0.4 is 0 Å². The fourth-order valence-corrected chi connectivity index (χ4v) is 3.93. The number of nitro groups is 1. The molecule has 2 rings (SSSR count). The van der Waals surface area contributed by atoms with Gasteiger partial charge in [0.2, 0.25) is 0 Å². The molecule has 0 aromatic heterocycles. The molecular formula is C15H15ClN2O4S. The Bertz CT molecular complexity index is 779. The van der Waals surface area contributed by atoms with Crippen LogP contribution in [-0.2, 0) is 10.0 Å². The standard InChI is InChI=1S/C15H15ClN2O4S/c1-12-7-9-14(10-8-12)23(21,22)17(18(19)20)15(11-16)13-5-3-2-4-6-13/h2-10,15H,11H2,1H3. The van der Waals surface area contributed by atoms with Crippen molar-refractivity contribution in [3.05, 3.63) is 75.8 Å². The van der Waals surface area contributed by atoms with Crippen molar-refractivity contribution >= 4 is 21.6 Å². The van der Waals surface area contributed by atoms with Crippen LogP contribution in [0.1, 0.15) is 17.2 Å². The van der Waals surface area contributed by atoms with Gasteiger partial charge in [0.25, 0.3) is 0 Å². The Hall–Kier alpha value is -2.12. The van der Waals surface area contributed by atoms with Gasteiger partial charge < -0.3 is 0 Å². The summed E-state index contributed by atoms with van der Waals surface area (Å²) < 4.78 is 25.6. The van der Waals surface area contributed by atoms with Gasteiger partial charge in [-0.15, -0.1) is 11.6 Å². The molecule has 0 aliphatic carbocycles. The van der Waals surface area contributed by atoms with Gasteiger partial charge in [0, 0.05) is 0 Å². The molecule has 0 saturated carbocycles. The first-order valence-electron chi connectivity index (χ1n) is 6.74. The summed E-state index contributed by atoms with van der Waals surface area (Å²) in [5, 5.41) is 10.5. The van der Waals surface area contributed by atoms with Gasteiger partial charge in [0.05, 0.1) is 10.8 Å². The number of hydrogen-bond donors (Lipinski definition) is 0. The third-order valence-electron chi connectivity index (χ3n) is 3.32. The van der Waals surface area contributed by atoms with E-state index in [-0.39, 0.29) is 15.2 Å². The van der Waals surface area contributed by atoms with Crippen molar-refractivity contribution in [2.24, 2.45) is 0 Å². The van der Waals surface area contributed by atoms with E-state index >= 15 is 0 Å². The predicted molar refractivity (Wildman–Crippen MR) is 87.1 cm³/mol. The molecule has 8 heteroatoms. The van der Waals surface area contributed by atoms with E-state index in [2.05, 4.69) is 0 Å². The molecule has 2 aromatic carbocycles. The van der Waals surface area contributed by atoms with Crippen LogP contribution in [0.15, 0.2) is 59.5 Å². The van der Waals surface area contributed by atoms with Crippen molar-refractivity contribution in [1.82, 2.24) is 4.41 Å². The van der Waals surface area contributed by atoms with Crippen molar-refractivity contribution in [2.75, 3.05) is 5.88 Å². The summed E-state index contributed by atoms with van der Waals surface area (Å²) in [5.41, 5.74) is 1.31. The second kappa shape index (κ2) is 6.97. The third-order valence-corrected chi connectivity index (χ3v) is 5.36. The lowest BCUT2D eigenvalue weighted by molar-refractivity contribution is -0.629. The van der Waals surface area contributed by atoms with Gasteiger partial charge in [-0.05, 0) is 29.0 Å². The molecule has 0 N–H and O–H groups in total. The highest BCUT2D eigenvalue weighted by Gasteiger charge is 2.40. The van der Waals surface area contributed by atoms with Crippen molar-refractivity contribution in [3.63, 3.8) is 0 Å². The average Bonchev–Trinajstić information content (AvgIpc) is 2.53. The average molecular weight is 355 g/mol. The first kappa shape index (κ1) is 17.2. The van der Waals surface area contributed by atoms with Crippen LogP contribution in [0, 0.1) is 17.0 Å². The first-order chi connectivity index (χ1) is 10.9. The van der Waals surface area contributed by atoms with E-state index in [1.54, 1.807) is 49.4 Å². The minimum atomic E-state index is -4.33. The topological polar surface area (TPSA) is 80.5 Å². The van der Waals surface area contributed by atoms with E-state index in [0.717, 1.165) is 5.56 Å². The minimum Gasteiger partial charge on any atom is -0.234 e. The fraction of sp³-hybridized carbons (Fsp3) is 0.200. The van der Waals surface area contributed by atoms with E-state index in [0.29, 0.717) is 5.56 Å². The van der Waals surface area contributed by atoms with Crippen LogP contribution in [0.4, 0.5) is 0 Å². The Morgan fingerprint density at radius 2 is 1.70 bits per heavy atom. The van der Waals surface area contributed by atoms with E-state index in [1.807, 2.05) is 0 Å². The van der Waals surface area contributed by atoms with Gasteiger partial charge in [0.15, 0.2) is 5.03 Å². The fourth-order valence-electron chi connectivity index (χ4n) is 2.14. The number of sulfonamides is 1. The van der Waals surface area contributed by atoms with Gasteiger partial charge in [-0.25, -0.2) is 10.1 Å². The van der Waals surface area contributed by atoms with E-state index in [1.165, 1.54) is 12.1 Å². The van der Waals surface area contributed by atoms with Crippen LogP contribution in [0.5, 0.6) is 0 Å². The molecule has 0 bridgehead atoms. The molecule has 0 radical (unpaired) electrons. The molecule has 0 fully saturated rings. The zero-order valence-corrected chi connectivity index (χ0v) is 13.9. The Labute approximate surface area is 139 Å². The number of benzene rings is 2. The van der Waals surface area contributed by atoms with Crippen molar-refractivity contribution in [1.29, 1.82) is 0 Å². The summed E-state index contributed by atoms with van der Waals surface area (Å²) in [5.74, 6) is -0.240. The van der Waals surface area contributed by atoms with E-state index in [4.69, 9.17) is 11.6 Å². The van der Waals surface area contributed by atoms with E-state index in [9.17, 15) is 18.5 Å². The minimum absolute atomic E-state index is 0.147. The van der Waals surface area contributed by atoms with Gasteiger partial charge in [-0.2, -0.15) is 8.42 Å². The SMILES string of the molecule is Cc1ccc(S(=O)(=O)N(C(CCl)c2ccccc2)[N+](=O)[O-])cc1. The summed E-state index contributed by atoms with van der Waals surface area (Å²) >= 11 is 5.85. The number of aryl methyl sites for hydroxylation is 1. The molecule has 1 unspecified atom stereocenters. The number of alkyl halides is 1. The lowest BCUT2D eigenvalue weighted by Crippen LogP contribution is -2.40. The highest BCUT2D eigenvalue weighted by atomic mass is 35.5. The largest absolute Gasteiger partial charge is 0.314 e. The monoisotopic (exact) mass is 354 g/mol. The Morgan fingerprint density at radius 3 is 2.17 bits per heavy atom. The van der Waals surface area contributed by atoms with Gasteiger partial charge in [-0.1, -0.05) is 48.0 Å². The molecule has 1 atom stereocenters. The molecule has 0 aliphatic rings. The van der Waals surface area contributed by atoms with Crippen LogP contribution in [0.2, 0.25) is 0 Å². The molecule has 0 saturated heterocycles. The Balaban J connectivity index is 2.52. The lowest BCUT2D eigenvalue weighted by atomic mass is 10.1. The highest BCUT2D eigenvalue weighted by molar-refractivity contribution is 7.89. The number of hydrazine groups is 1. The van der Waals surface area contributed by atoms with Crippen molar-refractivity contribution in [3.8, 4) is 0 Å². The highest BCUT2D eigenvalue weighted by Crippen LogP contribution is 2.28. The molecular weight excluding hydrogens is 340 g/mol. The molecule has 0 heterocycles. The summed E-state index contributed by atoms with van der Waals surface area (Å²) in [6.45, 7) is 1.80. The van der Waals surface area contributed by atoms with Crippen molar-refractivity contribution in [2.45, 2.75) is 17.9 Å². The maximum Gasteiger partial charge on any atom is 0.314 e. The lowest BCUT2D eigenvalue weighted by Gasteiger charge is -2.22. The van der Waals surface area contributed by atoms with Gasteiger partial charge >= 0.3 is 10.0 Å². The summed E-state index contributed by atoms with van der Waals surface area (Å²) in [7, 11) is -4.33. The van der Waals surface area contributed by atoms with Crippen LogP contribution in [-0.4, -0.2) is 23.7 Å². The maximum absolute atomic E-state index is 12.7.